The standard InChI is InChI=1S/C11H7ClF3NO/c12-6-2-1-5(9(13)11(14)15)8-7(17)3-4-16-10(6)8/h1-4,9,11H,(H,16,17). The van der Waals surface area contributed by atoms with Gasteiger partial charge in [-0.3, -0.25) is 4.98 Å². The molecule has 0 amide bonds. The van der Waals surface area contributed by atoms with Gasteiger partial charge in [0.05, 0.1) is 10.5 Å². The molecule has 0 radical (unpaired) electrons. The van der Waals surface area contributed by atoms with Gasteiger partial charge < -0.3 is 5.11 Å². The van der Waals surface area contributed by atoms with Crippen LogP contribution in [-0.2, 0) is 0 Å². The van der Waals surface area contributed by atoms with Crippen LogP contribution in [0.4, 0.5) is 13.2 Å². The van der Waals surface area contributed by atoms with Crippen molar-refractivity contribution in [2.45, 2.75) is 12.6 Å². The minimum atomic E-state index is -3.17. The summed E-state index contributed by atoms with van der Waals surface area (Å²) < 4.78 is 38.1. The molecule has 0 fully saturated rings. The maximum absolute atomic E-state index is 13.4. The molecule has 2 rings (SSSR count). The summed E-state index contributed by atoms with van der Waals surface area (Å²) in [5.74, 6) is -0.323. The Bertz CT molecular complexity index is 562. The molecule has 0 bridgehead atoms. The van der Waals surface area contributed by atoms with Crippen LogP contribution in [0.2, 0.25) is 5.02 Å². The molecule has 1 atom stereocenters. The van der Waals surface area contributed by atoms with Gasteiger partial charge in [0.25, 0.3) is 6.43 Å². The van der Waals surface area contributed by atoms with Crippen molar-refractivity contribution in [1.82, 2.24) is 4.98 Å². The van der Waals surface area contributed by atoms with Crippen molar-refractivity contribution < 1.29 is 18.3 Å². The lowest BCUT2D eigenvalue weighted by molar-refractivity contribution is 0.0503. The van der Waals surface area contributed by atoms with E-state index in [0.717, 1.165) is 6.07 Å². The molecular weight excluding hydrogens is 255 g/mol. The molecule has 0 aliphatic rings. The fourth-order valence-corrected chi connectivity index (χ4v) is 1.81. The van der Waals surface area contributed by atoms with Crippen LogP contribution < -0.4 is 0 Å². The lowest BCUT2D eigenvalue weighted by atomic mass is 10.0. The van der Waals surface area contributed by atoms with E-state index in [-0.39, 0.29) is 27.2 Å². The van der Waals surface area contributed by atoms with Crippen molar-refractivity contribution >= 4 is 22.5 Å². The molecule has 0 aliphatic carbocycles. The van der Waals surface area contributed by atoms with Crippen LogP contribution in [0.15, 0.2) is 24.4 Å². The van der Waals surface area contributed by atoms with Crippen LogP contribution in [0.3, 0.4) is 0 Å². The SMILES string of the molecule is Oc1ccnc2c(Cl)ccc(C(F)C(F)F)c12. The summed E-state index contributed by atoms with van der Waals surface area (Å²) in [5.41, 5.74) is -0.211. The van der Waals surface area contributed by atoms with Crippen molar-refractivity contribution in [2.75, 3.05) is 0 Å². The Hall–Kier alpha value is -1.49. The number of halogens is 4. The summed E-state index contributed by atoms with van der Waals surface area (Å²) in [6, 6.07) is 3.60. The van der Waals surface area contributed by atoms with Crippen molar-refractivity contribution in [1.29, 1.82) is 0 Å². The first-order valence-corrected chi connectivity index (χ1v) is 5.08. The van der Waals surface area contributed by atoms with E-state index in [4.69, 9.17) is 11.6 Å². The minimum absolute atomic E-state index is 0.0761. The van der Waals surface area contributed by atoms with E-state index >= 15 is 0 Å². The lowest BCUT2D eigenvalue weighted by Gasteiger charge is -2.12. The van der Waals surface area contributed by atoms with Crippen LogP contribution in [0, 0.1) is 0 Å². The van der Waals surface area contributed by atoms with Crippen LogP contribution in [-0.4, -0.2) is 16.5 Å². The molecule has 2 aromatic rings. The van der Waals surface area contributed by atoms with E-state index in [1.54, 1.807) is 0 Å². The Morgan fingerprint density at radius 2 is 1.88 bits per heavy atom. The van der Waals surface area contributed by atoms with Crippen molar-refractivity contribution in [3.05, 3.63) is 35.0 Å². The van der Waals surface area contributed by atoms with E-state index in [1.807, 2.05) is 0 Å². The van der Waals surface area contributed by atoms with Gasteiger partial charge >= 0.3 is 0 Å². The predicted octanol–water partition coefficient (Wildman–Crippen LogP) is 3.87. The number of fused-ring (bicyclic) bond motifs is 1. The van der Waals surface area contributed by atoms with Crippen molar-refractivity contribution in [2.24, 2.45) is 0 Å². The van der Waals surface area contributed by atoms with E-state index in [0.29, 0.717) is 0 Å². The highest BCUT2D eigenvalue weighted by molar-refractivity contribution is 6.35. The second kappa shape index (κ2) is 4.41. The van der Waals surface area contributed by atoms with Crippen molar-refractivity contribution in [3.8, 4) is 5.75 Å². The maximum atomic E-state index is 13.4. The molecular formula is C11H7ClF3NO. The lowest BCUT2D eigenvalue weighted by Crippen LogP contribution is -2.04. The molecule has 0 saturated carbocycles. The summed E-state index contributed by atoms with van der Waals surface area (Å²) in [5, 5.41) is 9.69. The Morgan fingerprint density at radius 3 is 2.53 bits per heavy atom. The van der Waals surface area contributed by atoms with Gasteiger partial charge in [0.1, 0.15) is 5.75 Å². The molecule has 90 valence electrons. The number of hydrogen-bond acceptors (Lipinski definition) is 2. The van der Waals surface area contributed by atoms with Gasteiger partial charge in [-0.25, -0.2) is 13.2 Å². The van der Waals surface area contributed by atoms with E-state index in [2.05, 4.69) is 4.98 Å². The molecule has 1 N–H and O–H groups in total. The fourth-order valence-electron chi connectivity index (χ4n) is 1.61. The Kier molecular flexibility index (Phi) is 3.11. The quantitative estimate of drug-likeness (QED) is 0.890. The molecule has 0 saturated heterocycles. The molecule has 0 spiro atoms. The van der Waals surface area contributed by atoms with Gasteiger partial charge in [-0.2, -0.15) is 0 Å². The summed E-state index contributed by atoms with van der Waals surface area (Å²) in [7, 11) is 0. The van der Waals surface area contributed by atoms with Gasteiger partial charge in [-0.1, -0.05) is 17.7 Å². The summed E-state index contributed by atoms with van der Waals surface area (Å²) in [6.07, 6.45) is -4.38. The number of rotatable bonds is 2. The highest BCUT2D eigenvalue weighted by atomic mass is 35.5. The third kappa shape index (κ3) is 2.02. The first-order valence-electron chi connectivity index (χ1n) is 4.70. The zero-order valence-electron chi connectivity index (χ0n) is 8.37. The van der Waals surface area contributed by atoms with Crippen LogP contribution in [0.1, 0.15) is 11.7 Å². The van der Waals surface area contributed by atoms with Crippen LogP contribution in [0.5, 0.6) is 5.75 Å². The highest BCUT2D eigenvalue weighted by Gasteiger charge is 2.25. The first-order chi connectivity index (χ1) is 8.02. The van der Waals surface area contributed by atoms with Gasteiger partial charge in [0.15, 0.2) is 6.17 Å². The van der Waals surface area contributed by atoms with Gasteiger partial charge in [0, 0.05) is 17.1 Å². The largest absolute Gasteiger partial charge is 0.507 e. The fraction of sp³-hybridized carbons (Fsp3) is 0.182. The average molecular weight is 262 g/mol. The van der Waals surface area contributed by atoms with Crippen molar-refractivity contribution in [3.63, 3.8) is 0 Å². The monoisotopic (exact) mass is 261 g/mol. The number of pyridine rings is 1. The second-order valence-electron chi connectivity index (χ2n) is 3.43. The Morgan fingerprint density at radius 1 is 1.18 bits per heavy atom. The summed E-state index contributed by atoms with van der Waals surface area (Å²) in [4.78, 5) is 3.84. The molecule has 1 aromatic heterocycles. The maximum Gasteiger partial charge on any atom is 0.273 e. The number of benzene rings is 1. The number of aromatic nitrogens is 1. The Balaban J connectivity index is 2.77. The second-order valence-corrected chi connectivity index (χ2v) is 3.83. The molecule has 1 heterocycles. The Labute approximate surface area is 99.7 Å². The topological polar surface area (TPSA) is 33.1 Å². The zero-order chi connectivity index (χ0) is 12.6. The van der Waals surface area contributed by atoms with Crippen LogP contribution in [0.25, 0.3) is 10.9 Å². The van der Waals surface area contributed by atoms with Crippen LogP contribution >= 0.6 is 11.6 Å². The highest BCUT2D eigenvalue weighted by Crippen LogP contribution is 2.37. The number of alkyl halides is 3. The number of aromatic hydroxyl groups is 1. The first kappa shape index (κ1) is 12.0. The predicted molar refractivity (Wildman–Crippen MR) is 58.3 cm³/mol. The smallest absolute Gasteiger partial charge is 0.273 e. The molecule has 1 aromatic carbocycles. The average Bonchev–Trinajstić information content (AvgIpc) is 2.30. The summed E-state index contributed by atoms with van der Waals surface area (Å²) in [6.45, 7) is 0. The normalized spacial score (nSPS) is 13.2. The molecule has 0 aliphatic heterocycles. The van der Waals surface area contributed by atoms with Gasteiger partial charge in [-0.15, -0.1) is 0 Å². The molecule has 17 heavy (non-hydrogen) atoms. The zero-order valence-corrected chi connectivity index (χ0v) is 9.13. The van der Waals surface area contributed by atoms with Gasteiger partial charge in [-0.05, 0) is 12.1 Å². The molecule has 2 nitrogen and oxygen atoms in total. The molecule has 6 heteroatoms. The van der Waals surface area contributed by atoms with E-state index in [9.17, 15) is 18.3 Å². The van der Waals surface area contributed by atoms with E-state index in [1.165, 1.54) is 18.3 Å². The number of nitrogens with zero attached hydrogens (tertiary/aromatic N) is 1. The van der Waals surface area contributed by atoms with Gasteiger partial charge in [0.2, 0.25) is 0 Å². The number of hydrogen-bond donors (Lipinski definition) is 1. The minimum Gasteiger partial charge on any atom is -0.507 e. The summed E-state index contributed by atoms with van der Waals surface area (Å²) >= 11 is 5.80. The molecule has 1 unspecified atom stereocenters. The van der Waals surface area contributed by atoms with E-state index < -0.39 is 12.6 Å². The third-order valence-electron chi connectivity index (χ3n) is 2.37. The third-order valence-corrected chi connectivity index (χ3v) is 2.68.